The number of piperidine rings is 1. The highest BCUT2D eigenvalue weighted by Gasteiger charge is 2.29. The summed E-state index contributed by atoms with van der Waals surface area (Å²) in [5, 5.41) is 4.00. The normalized spacial score (nSPS) is 16.8. The van der Waals surface area contributed by atoms with Crippen molar-refractivity contribution >= 4 is 28.5 Å². The Morgan fingerprint density at radius 3 is 2.83 bits per heavy atom. The van der Waals surface area contributed by atoms with Gasteiger partial charge >= 0.3 is 0 Å². The molecule has 1 atom stereocenters. The van der Waals surface area contributed by atoms with Crippen molar-refractivity contribution in [3.05, 3.63) is 58.9 Å². The topological polar surface area (TPSA) is 78.1 Å². The van der Waals surface area contributed by atoms with Crippen molar-refractivity contribution in [1.82, 2.24) is 14.9 Å². The van der Waals surface area contributed by atoms with Crippen LogP contribution in [-0.4, -0.2) is 39.8 Å². The van der Waals surface area contributed by atoms with Gasteiger partial charge in [0.05, 0.1) is 5.92 Å². The molecule has 1 aromatic carbocycles. The fourth-order valence-corrected chi connectivity index (χ4v) is 3.99. The Bertz CT molecular complexity index is 1090. The third-order valence-electron chi connectivity index (χ3n) is 5.89. The van der Waals surface area contributed by atoms with Crippen LogP contribution in [0.4, 0.5) is 5.82 Å². The van der Waals surface area contributed by atoms with Gasteiger partial charge in [-0.05, 0) is 69.0 Å². The van der Waals surface area contributed by atoms with Crippen LogP contribution in [0.1, 0.15) is 40.0 Å². The smallest absolute Gasteiger partial charge is 0.253 e. The van der Waals surface area contributed by atoms with Crippen LogP contribution in [0.5, 0.6) is 0 Å². The average Bonchev–Trinajstić information content (AvgIpc) is 3.02. The molecule has 1 saturated heterocycles. The van der Waals surface area contributed by atoms with Crippen LogP contribution >= 0.6 is 0 Å². The molecule has 3 aromatic rings. The lowest BCUT2D eigenvalue weighted by atomic mass is 9.96. The molecule has 1 aliphatic rings. The zero-order valence-electron chi connectivity index (χ0n) is 17.1. The molecule has 3 heterocycles. The number of nitrogens with zero attached hydrogens (tertiary/aromatic N) is 2. The van der Waals surface area contributed by atoms with Gasteiger partial charge in [-0.3, -0.25) is 9.59 Å². The molecule has 2 aromatic heterocycles. The summed E-state index contributed by atoms with van der Waals surface area (Å²) in [7, 11) is 0. The minimum absolute atomic E-state index is 0.0170. The zero-order valence-corrected chi connectivity index (χ0v) is 17.1. The van der Waals surface area contributed by atoms with Crippen molar-refractivity contribution in [3.8, 4) is 0 Å². The molecule has 2 N–H and O–H groups in total. The number of nitrogens with one attached hydrogen (secondary N) is 2. The molecule has 0 radical (unpaired) electrons. The van der Waals surface area contributed by atoms with Gasteiger partial charge in [0.25, 0.3) is 5.91 Å². The number of amides is 2. The summed E-state index contributed by atoms with van der Waals surface area (Å²) in [6.45, 7) is 7.12. The minimum Gasteiger partial charge on any atom is -0.358 e. The quantitative estimate of drug-likeness (QED) is 0.710. The van der Waals surface area contributed by atoms with Crippen molar-refractivity contribution in [2.75, 3.05) is 18.4 Å². The number of anilines is 1. The van der Waals surface area contributed by atoms with E-state index in [4.69, 9.17) is 0 Å². The summed E-state index contributed by atoms with van der Waals surface area (Å²) in [6.07, 6.45) is 3.26. The Morgan fingerprint density at radius 2 is 2.03 bits per heavy atom. The van der Waals surface area contributed by atoms with Gasteiger partial charge in [-0.15, -0.1) is 0 Å². The number of hydrogen-bond donors (Lipinski definition) is 2. The van der Waals surface area contributed by atoms with Gasteiger partial charge in [0, 0.05) is 41.4 Å². The minimum atomic E-state index is -0.228. The molecule has 1 unspecified atom stereocenters. The predicted molar refractivity (Wildman–Crippen MR) is 114 cm³/mol. The number of carbonyl (C=O) groups excluding carboxylic acids is 2. The van der Waals surface area contributed by atoms with Crippen LogP contribution in [0.2, 0.25) is 0 Å². The lowest BCUT2D eigenvalue weighted by Crippen LogP contribution is -2.43. The number of hydrogen-bond acceptors (Lipinski definition) is 3. The Morgan fingerprint density at radius 1 is 1.21 bits per heavy atom. The number of H-pyrrole nitrogens is 1. The monoisotopic (exact) mass is 390 g/mol. The average molecular weight is 390 g/mol. The van der Waals surface area contributed by atoms with Gasteiger partial charge in [0.15, 0.2) is 0 Å². The molecule has 150 valence electrons. The Hall–Kier alpha value is -3.15. The Kier molecular flexibility index (Phi) is 5.09. The maximum absolute atomic E-state index is 13.1. The number of carbonyl (C=O) groups is 2. The molecule has 6 heteroatoms. The van der Waals surface area contributed by atoms with Crippen molar-refractivity contribution < 1.29 is 9.59 Å². The number of aromatic nitrogens is 2. The molecule has 1 fully saturated rings. The first-order chi connectivity index (χ1) is 13.9. The lowest BCUT2D eigenvalue weighted by molar-refractivity contribution is -0.121. The third kappa shape index (κ3) is 3.75. The molecule has 0 aliphatic carbocycles. The van der Waals surface area contributed by atoms with Gasteiger partial charge in [-0.2, -0.15) is 0 Å². The maximum atomic E-state index is 13.1. The maximum Gasteiger partial charge on any atom is 0.253 e. The SMILES string of the molecule is Cc1cccnc1NC(=O)C1CCCN(C(=O)c2ccc3[nH]c(C)c(C)c3c2)C1. The number of aromatic amines is 1. The van der Waals surface area contributed by atoms with Crippen molar-refractivity contribution in [1.29, 1.82) is 0 Å². The van der Waals surface area contributed by atoms with Crippen LogP contribution < -0.4 is 5.32 Å². The number of fused-ring (bicyclic) bond motifs is 1. The van der Waals surface area contributed by atoms with E-state index in [1.807, 2.05) is 44.2 Å². The summed E-state index contributed by atoms with van der Waals surface area (Å²) in [4.78, 5) is 35.2. The molecule has 0 saturated carbocycles. The fraction of sp³-hybridized carbons (Fsp3) is 0.348. The predicted octanol–water partition coefficient (Wildman–Crippen LogP) is 3.98. The zero-order chi connectivity index (χ0) is 20.5. The molecule has 0 bridgehead atoms. The molecular formula is C23H26N4O2. The van der Waals surface area contributed by atoms with Gasteiger partial charge in [-0.25, -0.2) is 4.98 Å². The number of likely N-dealkylation sites (tertiary alicyclic amines) is 1. The van der Waals surface area contributed by atoms with Crippen LogP contribution in [-0.2, 0) is 4.79 Å². The summed E-state index contributed by atoms with van der Waals surface area (Å²) >= 11 is 0. The van der Waals surface area contributed by atoms with Crippen molar-refractivity contribution in [3.63, 3.8) is 0 Å². The second-order valence-electron chi connectivity index (χ2n) is 7.88. The number of rotatable bonds is 3. The van der Waals surface area contributed by atoms with Crippen molar-refractivity contribution in [2.45, 2.75) is 33.6 Å². The molecule has 0 spiro atoms. The van der Waals surface area contributed by atoms with E-state index in [2.05, 4.69) is 22.2 Å². The first-order valence-corrected chi connectivity index (χ1v) is 10.0. The first kappa shape index (κ1) is 19.2. The highest BCUT2D eigenvalue weighted by molar-refractivity contribution is 5.99. The second-order valence-corrected chi connectivity index (χ2v) is 7.88. The molecule has 1 aliphatic heterocycles. The summed E-state index contributed by atoms with van der Waals surface area (Å²) in [5.74, 6) is 0.271. The third-order valence-corrected chi connectivity index (χ3v) is 5.89. The molecule has 2 amide bonds. The second kappa shape index (κ2) is 7.70. The lowest BCUT2D eigenvalue weighted by Gasteiger charge is -2.32. The van der Waals surface area contributed by atoms with Gasteiger partial charge in [0.1, 0.15) is 5.82 Å². The van der Waals surface area contributed by atoms with E-state index in [1.54, 1.807) is 11.1 Å². The Labute approximate surface area is 170 Å². The summed E-state index contributed by atoms with van der Waals surface area (Å²) in [5.41, 5.74) is 4.91. The highest BCUT2D eigenvalue weighted by Crippen LogP contribution is 2.25. The Balaban J connectivity index is 1.49. The first-order valence-electron chi connectivity index (χ1n) is 10.0. The van der Waals surface area contributed by atoms with E-state index in [-0.39, 0.29) is 17.7 Å². The van der Waals surface area contributed by atoms with Crippen LogP contribution in [0.3, 0.4) is 0 Å². The van der Waals surface area contributed by atoms with E-state index in [0.717, 1.165) is 40.6 Å². The van der Waals surface area contributed by atoms with E-state index in [0.29, 0.717) is 24.5 Å². The largest absolute Gasteiger partial charge is 0.358 e. The van der Waals surface area contributed by atoms with E-state index < -0.39 is 0 Å². The molecule has 6 nitrogen and oxygen atoms in total. The van der Waals surface area contributed by atoms with Crippen LogP contribution in [0.15, 0.2) is 36.5 Å². The number of pyridine rings is 1. The van der Waals surface area contributed by atoms with Gasteiger partial charge in [-0.1, -0.05) is 6.07 Å². The molecule has 29 heavy (non-hydrogen) atoms. The van der Waals surface area contributed by atoms with Gasteiger partial charge in [0.2, 0.25) is 5.91 Å². The summed E-state index contributed by atoms with van der Waals surface area (Å²) < 4.78 is 0. The number of benzene rings is 1. The van der Waals surface area contributed by atoms with Gasteiger partial charge < -0.3 is 15.2 Å². The summed E-state index contributed by atoms with van der Waals surface area (Å²) in [6, 6.07) is 9.54. The van der Waals surface area contributed by atoms with Crippen LogP contribution in [0, 0.1) is 26.7 Å². The van der Waals surface area contributed by atoms with Crippen LogP contribution in [0.25, 0.3) is 10.9 Å². The molecule has 4 rings (SSSR count). The molecular weight excluding hydrogens is 364 g/mol. The van der Waals surface area contributed by atoms with E-state index >= 15 is 0 Å². The van der Waals surface area contributed by atoms with E-state index in [9.17, 15) is 9.59 Å². The standard InChI is InChI=1S/C23H26N4O2/c1-14-6-4-10-24-21(14)26-22(28)18-7-5-11-27(13-18)23(29)17-8-9-20-19(12-17)15(2)16(3)25-20/h4,6,8-10,12,18,25H,5,7,11,13H2,1-3H3,(H,24,26,28). The highest BCUT2D eigenvalue weighted by atomic mass is 16.2. The van der Waals surface area contributed by atoms with Crippen molar-refractivity contribution in [2.24, 2.45) is 5.92 Å². The number of aryl methyl sites for hydroxylation is 3. The fourth-order valence-electron chi connectivity index (χ4n) is 3.99. The van der Waals surface area contributed by atoms with E-state index in [1.165, 1.54) is 0 Å².